The van der Waals surface area contributed by atoms with Gasteiger partial charge in [-0.2, -0.15) is 5.26 Å². The number of aliphatic hydroxyl groups is 6. The van der Waals surface area contributed by atoms with E-state index in [-0.39, 0.29) is 19.6 Å². The van der Waals surface area contributed by atoms with Crippen molar-refractivity contribution in [3.63, 3.8) is 0 Å². The highest BCUT2D eigenvalue weighted by molar-refractivity contribution is 4.99. The lowest BCUT2D eigenvalue weighted by molar-refractivity contribution is -0.325. The zero-order valence-corrected chi connectivity index (χ0v) is 15.1. The molecule has 0 aromatic rings. The van der Waals surface area contributed by atoms with E-state index in [1.807, 2.05) is 6.07 Å². The molecule has 27 heavy (non-hydrogen) atoms. The Labute approximate surface area is 156 Å². The Morgan fingerprint density at radius 1 is 1.19 bits per heavy atom. The first-order valence-electron chi connectivity index (χ1n) is 8.64. The molecule has 156 valence electrons. The molecule has 0 spiro atoms. The topological polar surface area (TPSA) is 182 Å². The Morgan fingerprint density at radius 2 is 1.85 bits per heavy atom. The van der Waals surface area contributed by atoms with E-state index in [2.05, 4.69) is 0 Å². The van der Waals surface area contributed by atoms with Crippen molar-refractivity contribution in [3.05, 3.63) is 0 Å². The lowest BCUT2D eigenvalue weighted by atomic mass is 9.98. The summed E-state index contributed by atoms with van der Waals surface area (Å²) in [4.78, 5) is 0. The van der Waals surface area contributed by atoms with Crippen LogP contribution in [0, 0.1) is 11.3 Å². The first kappa shape index (κ1) is 22.4. The molecule has 2 fully saturated rings. The van der Waals surface area contributed by atoms with E-state index in [1.165, 1.54) is 6.92 Å². The maximum absolute atomic E-state index is 10.1. The minimum Gasteiger partial charge on any atom is -0.393 e. The van der Waals surface area contributed by atoms with Crippen LogP contribution in [-0.4, -0.2) is 105 Å². The fourth-order valence-corrected chi connectivity index (χ4v) is 2.72. The van der Waals surface area contributed by atoms with E-state index in [0.717, 1.165) is 0 Å². The molecule has 2 heterocycles. The predicted molar refractivity (Wildman–Crippen MR) is 85.8 cm³/mol. The molecule has 0 saturated carbocycles. The molecule has 0 aromatic carbocycles. The monoisotopic (exact) mass is 393 g/mol. The summed E-state index contributed by atoms with van der Waals surface area (Å²) in [7, 11) is 0. The molecule has 0 aromatic heterocycles. The second kappa shape index (κ2) is 8.62. The molecule has 11 nitrogen and oxygen atoms in total. The first-order chi connectivity index (χ1) is 12.6. The van der Waals surface area contributed by atoms with Crippen LogP contribution in [0.25, 0.3) is 0 Å². The Kier molecular flexibility index (Phi) is 7.15. The van der Waals surface area contributed by atoms with Gasteiger partial charge in [-0.05, 0) is 13.3 Å². The van der Waals surface area contributed by atoms with Gasteiger partial charge in [0.25, 0.3) is 0 Å². The van der Waals surface area contributed by atoms with Crippen molar-refractivity contribution in [2.24, 2.45) is 0 Å². The fraction of sp³-hybridized carbons (Fsp3) is 0.938. The van der Waals surface area contributed by atoms with Crippen LogP contribution in [0.4, 0.5) is 0 Å². The van der Waals surface area contributed by atoms with E-state index in [9.17, 15) is 30.8 Å². The zero-order chi connectivity index (χ0) is 20.4. The van der Waals surface area contributed by atoms with Crippen LogP contribution < -0.4 is 0 Å². The minimum atomic E-state index is -1.87. The molecule has 6 N–H and O–H groups in total. The van der Waals surface area contributed by atoms with Gasteiger partial charge in [-0.15, -0.1) is 0 Å². The average molecular weight is 393 g/mol. The third kappa shape index (κ3) is 4.57. The standard InChI is InChI=1S/C16H27NO10/c1-3-15(2,5-17)27-13-11(21)10(20)9(19)8(26-13)4-24-14-12(22)16(23,6-18)7-25-14/h8-14,18-23H,3-4,6-7H2,1-2H3/t8-,9-,10+,11-,12+,13?,14-,15?,16-/m1/s1. The Bertz CT molecular complexity index is 544. The quantitative estimate of drug-likeness (QED) is 0.258. The van der Waals surface area contributed by atoms with Crippen LogP contribution in [0.15, 0.2) is 0 Å². The first-order valence-corrected chi connectivity index (χ1v) is 8.64. The molecule has 2 rings (SSSR count). The predicted octanol–water partition coefficient (Wildman–Crippen LogP) is -3.04. The van der Waals surface area contributed by atoms with Crippen LogP contribution in [0.3, 0.4) is 0 Å². The van der Waals surface area contributed by atoms with Gasteiger partial charge in [-0.3, -0.25) is 0 Å². The lowest BCUT2D eigenvalue weighted by Gasteiger charge is -2.42. The number of hydrogen-bond acceptors (Lipinski definition) is 11. The van der Waals surface area contributed by atoms with Crippen molar-refractivity contribution in [1.29, 1.82) is 5.26 Å². The van der Waals surface area contributed by atoms with E-state index < -0.39 is 60.9 Å². The summed E-state index contributed by atoms with van der Waals surface area (Å²) in [5.41, 5.74) is -3.14. The number of aliphatic hydroxyl groups excluding tert-OH is 5. The molecular weight excluding hydrogens is 366 g/mol. The SMILES string of the molecule is CCC(C)(C#N)OC1O[C@H](CO[C@@H]2OC[C@](O)(CO)[C@H]2O)[C@@H](O)[C@H](O)[C@H]1O. The van der Waals surface area contributed by atoms with Gasteiger partial charge < -0.3 is 49.6 Å². The molecule has 0 radical (unpaired) electrons. The Balaban J connectivity index is 2.01. The molecule has 11 heteroatoms. The third-order valence-corrected chi connectivity index (χ3v) is 4.96. The van der Waals surface area contributed by atoms with Crippen LogP contribution in [0.2, 0.25) is 0 Å². The summed E-state index contributed by atoms with van der Waals surface area (Å²) in [6.45, 7) is 1.72. The minimum absolute atomic E-state index is 0.289. The second-order valence-corrected chi connectivity index (χ2v) is 7.05. The maximum Gasteiger partial charge on any atom is 0.188 e. The summed E-state index contributed by atoms with van der Waals surface area (Å²) in [6.07, 6.45) is -9.86. The number of rotatable bonds is 7. The van der Waals surface area contributed by atoms with Gasteiger partial charge in [0, 0.05) is 0 Å². The van der Waals surface area contributed by atoms with Crippen molar-refractivity contribution < 1.29 is 49.6 Å². The number of ether oxygens (including phenoxy) is 4. The smallest absolute Gasteiger partial charge is 0.188 e. The molecule has 0 aliphatic carbocycles. The van der Waals surface area contributed by atoms with Crippen molar-refractivity contribution >= 4 is 0 Å². The summed E-state index contributed by atoms with van der Waals surface area (Å²) in [5.74, 6) is 0. The number of nitriles is 1. The Hall–Kier alpha value is -0.910. The van der Waals surface area contributed by atoms with E-state index in [1.54, 1.807) is 6.92 Å². The van der Waals surface area contributed by atoms with Crippen molar-refractivity contribution in [1.82, 2.24) is 0 Å². The molecule has 0 amide bonds. The summed E-state index contributed by atoms with van der Waals surface area (Å²) >= 11 is 0. The van der Waals surface area contributed by atoms with Crippen LogP contribution in [0.5, 0.6) is 0 Å². The zero-order valence-electron chi connectivity index (χ0n) is 15.1. The van der Waals surface area contributed by atoms with E-state index in [0.29, 0.717) is 0 Å². The van der Waals surface area contributed by atoms with Gasteiger partial charge in [0.05, 0.1) is 25.9 Å². The van der Waals surface area contributed by atoms with Crippen molar-refractivity contribution in [2.75, 3.05) is 19.8 Å². The molecule has 2 aliphatic heterocycles. The Morgan fingerprint density at radius 3 is 2.37 bits per heavy atom. The van der Waals surface area contributed by atoms with E-state index in [4.69, 9.17) is 24.1 Å². The van der Waals surface area contributed by atoms with Gasteiger partial charge in [-0.1, -0.05) is 6.92 Å². The number of nitrogens with zero attached hydrogens (tertiary/aromatic N) is 1. The highest BCUT2D eigenvalue weighted by Gasteiger charge is 2.50. The molecule has 2 aliphatic rings. The fourth-order valence-electron chi connectivity index (χ4n) is 2.72. The van der Waals surface area contributed by atoms with Gasteiger partial charge in [0.2, 0.25) is 0 Å². The van der Waals surface area contributed by atoms with Gasteiger partial charge in [0.15, 0.2) is 18.2 Å². The highest BCUT2D eigenvalue weighted by atomic mass is 16.7. The van der Waals surface area contributed by atoms with E-state index >= 15 is 0 Å². The average Bonchev–Trinajstić information content (AvgIpc) is 2.96. The molecular formula is C16H27NO10. The molecule has 2 saturated heterocycles. The van der Waals surface area contributed by atoms with Crippen molar-refractivity contribution in [3.8, 4) is 6.07 Å². The summed E-state index contributed by atoms with van der Waals surface area (Å²) in [5, 5.41) is 68.4. The van der Waals surface area contributed by atoms with Gasteiger partial charge >= 0.3 is 0 Å². The van der Waals surface area contributed by atoms with Crippen molar-refractivity contribution in [2.45, 2.75) is 74.6 Å². The highest BCUT2D eigenvalue weighted by Crippen LogP contribution is 2.29. The van der Waals surface area contributed by atoms with Crippen LogP contribution >= 0.6 is 0 Å². The van der Waals surface area contributed by atoms with Crippen LogP contribution in [0.1, 0.15) is 20.3 Å². The lowest BCUT2D eigenvalue weighted by Crippen LogP contribution is -2.61. The number of hydrogen-bond donors (Lipinski definition) is 6. The molecule has 0 bridgehead atoms. The van der Waals surface area contributed by atoms with Gasteiger partial charge in [0.1, 0.15) is 36.1 Å². The molecule has 9 atom stereocenters. The molecule has 2 unspecified atom stereocenters. The third-order valence-electron chi connectivity index (χ3n) is 4.96. The second-order valence-electron chi connectivity index (χ2n) is 7.05. The largest absolute Gasteiger partial charge is 0.393 e. The van der Waals surface area contributed by atoms with Gasteiger partial charge in [-0.25, -0.2) is 0 Å². The summed E-state index contributed by atoms with van der Waals surface area (Å²) < 4.78 is 21.3. The maximum atomic E-state index is 10.1. The van der Waals surface area contributed by atoms with Crippen LogP contribution in [-0.2, 0) is 18.9 Å². The normalized spacial score (nSPS) is 44.6. The summed E-state index contributed by atoms with van der Waals surface area (Å²) in [6, 6.07) is 1.94.